The van der Waals surface area contributed by atoms with Crippen LogP contribution in [0.15, 0.2) is 47.8 Å². The maximum Gasteiger partial charge on any atom is 0.232 e. The van der Waals surface area contributed by atoms with Crippen LogP contribution in [-0.4, -0.2) is 41.8 Å². The minimum Gasteiger partial charge on any atom is -0.475 e. The van der Waals surface area contributed by atoms with Crippen LogP contribution >= 0.6 is 35.6 Å². The van der Waals surface area contributed by atoms with Crippen molar-refractivity contribution in [2.24, 2.45) is 4.99 Å². The number of halogens is 2. The fourth-order valence-electron chi connectivity index (χ4n) is 1.93. The Bertz CT molecular complexity index is 606. The molecular weight excluding hydrogens is 441 g/mol. The summed E-state index contributed by atoms with van der Waals surface area (Å²) in [6, 6.07) is 7.54. The number of nitrogens with zero attached hydrogens (tertiary/aromatic N) is 3. The van der Waals surface area contributed by atoms with E-state index in [4.69, 9.17) is 16.3 Å². The molecule has 2 heterocycles. The Labute approximate surface area is 164 Å². The summed E-state index contributed by atoms with van der Waals surface area (Å²) >= 11 is 5.99. The van der Waals surface area contributed by atoms with E-state index in [2.05, 4.69) is 25.2 Å². The van der Waals surface area contributed by atoms with Crippen molar-refractivity contribution in [1.82, 2.24) is 20.2 Å². The van der Waals surface area contributed by atoms with E-state index in [1.54, 1.807) is 18.3 Å². The van der Waals surface area contributed by atoms with Gasteiger partial charge in [-0.1, -0.05) is 11.6 Å². The molecule has 6 nitrogen and oxygen atoms in total. The average molecular weight is 464 g/mol. The number of rotatable bonds is 8. The molecule has 132 valence electrons. The van der Waals surface area contributed by atoms with Crippen molar-refractivity contribution >= 4 is 41.5 Å². The lowest BCUT2D eigenvalue weighted by Gasteiger charge is -2.12. The summed E-state index contributed by atoms with van der Waals surface area (Å²) in [5.41, 5.74) is 0. The monoisotopic (exact) mass is 463 g/mol. The highest BCUT2D eigenvalue weighted by Crippen LogP contribution is 2.19. The maximum absolute atomic E-state index is 5.99. The molecule has 0 saturated heterocycles. The molecule has 0 aliphatic rings. The van der Waals surface area contributed by atoms with Gasteiger partial charge in [0.2, 0.25) is 5.88 Å². The first-order chi connectivity index (χ1) is 11.3. The van der Waals surface area contributed by atoms with Crippen molar-refractivity contribution in [3.05, 3.63) is 47.9 Å². The first-order valence-electron chi connectivity index (χ1n) is 7.66. The molecule has 0 unspecified atom stereocenters. The SMILES string of the molecule is CCNC(=NCCn1cccc1)NCCOc1ncccc1Cl.I. The smallest absolute Gasteiger partial charge is 0.232 e. The average Bonchev–Trinajstić information content (AvgIpc) is 3.06. The van der Waals surface area contributed by atoms with Gasteiger partial charge in [0.05, 0.1) is 13.1 Å². The van der Waals surface area contributed by atoms with E-state index >= 15 is 0 Å². The van der Waals surface area contributed by atoms with Crippen LogP contribution in [0.2, 0.25) is 5.02 Å². The standard InChI is InChI=1S/C16H22ClN5O.HI/c1-2-18-16(20-8-12-22-10-3-4-11-22)21-9-13-23-15-14(17)6-5-7-19-15;/h3-7,10-11H,2,8-9,12-13H2,1H3,(H2,18,20,21);1H. The van der Waals surface area contributed by atoms with E-state index in [9.17, 15) is 0 Å². The van der Waals surface area contributed by atoms with Crippen LogP contribution in [0.5, 0.6) is 5.88 Å². The van der Waals surface area contributed by atoms with Crippen LogP contribution in [0.3, 0.4) is 0 Å². The molecule has 8 heteroatoms. The summed E-state index contributed by atoms with van der Waals surface area (Å²) in [5, 5.41) is 6.94. The highest BCUT2D eigenvalue weighted by atomic mass is 127. The lowest BCUT2D eigenvalue weighted by atomic mass is 10.5. The normalized spacial score (nSPS) is 10.8. The molecule has 0 aliphatic carbocycles. The Morgan fingerprint density at radius 2 is 2.08 bits per heavy atom. The number of guanidine groups is 1. The van der Waals surface area contributed by atoms with Crippen LogP contribution in [0.4, 0.5) is 0 Å². The first-order valence-corrected chi connectivity index (χ1v) is 8.03. The first kappa shape index (κ1) is 20.6. The van der Waals surface area contributed by atoms with Crippen molar-refractivity contribution in [1.29, 1.82) is 0 Å². The quantitative estimate of drug-likeness (QED) is 0.273. The Hall–Kier alpha value is -1.48. The van der Waals surface area contributed by atoms with Crippen LogP contribution in [0.25, 0.3) is 0 Å². The molecule has 0 bridgehead atoms. The molecule has 24 heavy (non-hydrogen) atoms. The van der Waals surface area contributed by atoms with Crippen molar-refractivity contribution in [3.8, 4) is 5.88 Å². The van der Waals surface area contributed by atoms with Gasteiger partial charge in [-0.2, -0.15) is 0 Å². The Balaban J connectivity index is 0.00000288. The van der Waals surface area contributed by atoms with Crippen molar-refractivity contribution < 1.29 is 4.74 Å². The number of hydrogen-bond acceptors (Lipinski definition) is 3. The van der Waals surface area contributed by atoms with Crippen molar-refractivity contribution in [3.63, 3.8) is 0 Å². The van der Waals surface area contributed by atoms with Crippen LogP contribution in [0, 0.1) is 0 Å². The number of nitrogens with one attached hydrogen (secondary N) is 2. The second kappa shape index (κ2) is 12.0. The molecule has 0 saturated carbocycles. The predicted octanol–water partition coefficient (Wildman–Crippen LogP) is 2.79. The van der Waals surface area contributed by atoms with Gasteiger partial charge in [-0.15, -0.1) is 24.0 Å². The topological polar surface area (TPSA) is 63.5 Å². The van der Waals surface area contributed by atoms with Gasteiger partial charge in [-0.3, -0.25) is 4.99 Å². The Kier molecular flexibility index (Phi) is 10.3. The lowest BCUT2D eigenvalue weighted by molar-refractivity contribution is 0.310. The molecule has 2 aromatic heterocycles. The molecule has 0 radical (unpaired) electrons. The summed E-state index contributed by atoms with van der Waals surface area (Å²) in [4.78, 5) is 8.61. The number of hydrogen-bond donors (Lipinski definition) is 2. The summed E-state index contributed by atoms with van der Waals surface area (Å²) in [7, 11) is 0. The minimum atomic E-state index is 0. The fraction of sp³-hybridized carbons (Fsp3) is 0.375. The summed E-state index contributed by atoms with van der Waals surface area (Å²) < 4.78 is 7.63. The number of pyridine rings is 1. The van der Waals surface area contributed by atoms with Gasteiger partial charge >= 0.3 is 0 Å². The number of aromatic nitrogens is 2. The van der Waals surface area contributed by atoms with Crippen LogP contribution < -0.4 is 15.4 Å². The van der Waals surface area contributed by atoms with Gasteiger partial charge in [0.25, 0.3) is 0 Å². The Morgan fingerprint density at radius 3 is 2.79 bits per heavy atom. The van der Waals surface area contributed by atoms with E-state index < -0.39 is 0 Å². The fourth-order valence-corrected chi connectivity index (χ4v) is 2.11. The van der Waals surface area contributed by atoms with Gasteiger partial charge in [0.15, 0.2) is 5.96 Å². The Morgan fingerprint density at radius 1 is 1.29 bits per heavy atom. The third kappa shape index (κ3) is 7.39. The molecule has 0 amide bonds. The van der Waals surface area contributed by atoms with Gasteiger partial charge in [0.1, 0.15) is 11.6 Å². The van der Waals surface area contributed by atoms with Crippen LogP contribution in [-0.2, 0) is 6.54 Å². The van der Waals surface area contributed by atoms with Gasteiger partial charge < -0.3 is 19.9 Å². The molecule has 0 spiro atoms. The number of aliphatic imine (C=N–C) groups is 1. The van der Waals surface area contributed by atoms with Gasteiger partial charge in [-0.25, -0.2) is 4.98 Å². The molecule has 0 fully saturated rings. The molecule has 2 aromatic rings. The minimum absolute atomic E-state index is 0. The third-order valence-electron chi connectivity index (χ3n) is 3.00. The zero-order valence-electron chi connectivity index (χ0n) is 13.6. The van der Waals surface area contributed by atoms with Gasteiger partial charge in [0, 0.05) is 31.7 Å². The lowest BCUT2D eigenvalue weighted by Crippen LogP contribution is -2.39. The van der Waals surface area contributed by atoms with E-state index in [0.717, 1.165) is 19.0 Å². The largest absolute Gasteiger partial charge is 0.475 e. The van der Waals surface area contributed by atoms with E-state index in [1.807, 2.05) is 31.5 Å². The zero-order valence-corrected chi connectivity index (χ0v) is 16.7. The van der Waals surface area contributed by atoms with E-state index in [0.29, 0.717) is 30.6 Å². The highest BCUT2D eigenvalue weighted by molar-refractivity contribution is 14.0. The number of ether oxygens (including phenoxy) is 1. The second-order valence-electron chi connectivity index (χ2n) is 4.75. The third-order valence-corrected chi connectivity index (χ3v) is 3.28. The van der Waals surface area contributed by atoms with Crippen molar-refractivity contribution in [2.45, 2.75) is 13.5 Å². The maximum atomic E-state index is 5.99. The zero-order chi connectivity index (χ0) is 16.3. The van der Waals surface area contributed by atoms with E-state index in [1.165, 1.54) is 0 Å². The molecule has 0 aromatic carbocycles. The second-order valence-corrected chi connectivity index (χ2v) is 5.15. The molecule has 2 rings (SSSR count). The summed E-state index contributed by atoms with van der Waals surface area (Å²) in [6.45, 7) is 5.47. The predicted molar refractivity (Wildman–Crippen MR) is 109 cm³/mol. The van der Waals surface area contributed by atoms with Crippen molar-refractivity contribution in [2.75, 3.05) is 26.2 Å². The summed E-state index contributed by atoms with van der Waals surface area (Å²) in [5.74, 6) is 1.22. The molecule has 0 aliphatic heterocycles. The van der Waals surface area contributed by atoms with Crippen LogP contribution in [0.1, 0.15) is 6.92 Å². The molecule has 0 atom stereocenters. The molecular formula is C16H23ClIN5O. The van der Waals surface area contributed by atoms with Gasteiger partial charge in [-0.05, 0) is 31.2 Å². The van der Waals surface area contributed by atoms with E-state index in [-0.39, 0.29) is 24.0 Å². The highest BCUT2D eigenvalue weighted by Gasteiger charge is 2.02. The molecule has 2 N–H and O–H groups in total. The summed E-state index contributed by atoms with van der Waals surface area (Å²) in [6.07, 6.45) is 5.71.